The Kier molecular flexibility index (Phi) is 5.44. The second-order valence-corrected chi connectivity index (χ2v) is 4.11. The number of carbonyl (C=O) groups is 2. The molecule has 5 nitrogen and oxygen atoms in total. The zero-order valence-corrected chi connectivity index (χ0v) is 10.7. The van der Waals surface area contributed by atoms with Crippen LogP contribution in [0.1, 0.15) is 12.5 Å². The van der Waals surface area contributed by atoms with Crippen molar-refractivity contribution in [3.8, 4) is 0 Å². The van der Waals surface area contributed by atoms with Gasteiger partial charge in [0.2, 0.25) is 5.91 Å². The second-order valence-electron chi connectivity index (χ2n) is 4.11. The molecule has 0 aliphatic carbocycles. The molecule has 0 unspecified atom stereocenters. The van der Waals surface area contributed by atoms with Gasteiger partial charge in [-0.15, -0.1) is 0 Å². The molecule has 0 radical (unpaired) electrons. The number of aliphatic hydroxyl groups excluding tert-OH is 1. The first-order valence-corrected chi connectivity index (χ1v) is 5.73. The van der Waals surface area contributed by atoms with Gasteiger partial charge in [-0.25, -0.2) is 9.18 Å². The standard InChI is InChI=1S/C13H16FNO4/c1-8(16)12(13(18)19-2)15-11(17)7-9-3-5-10(14)6-4-9/h3-6,8,12,16H,7H2,1-2H3,(H,15,17)/t8-,12+/m1/s1. The summed E-state index contributed by atoms with van der Waals surface area (Å²) in [6.07, 6.45) is -1.08. The van der Waals surface area contributed by atoms with E-state index >= 15 is 0 Å². The molecule has 0 aliphatic heterocycles. The zero-order chi connectivity index (χ0) is 14.4. The Morgan fingerprint density at radius 3 is 2.42 bits per heavy atom. The summed E-state index contributed by atoms with van der Waals surface area (Å²) in [6, 6.07) is 4.33. The lowest BCUT2D eigenvalue weighted by Crippen LogP contribution is -2.48. The van der Waals surface area contributed by atoms with E-state index in [4.69, 9.17) is 0 Å². The van der Waals surface area contributed by atoms with Crippen LogP contribution in [0.2, 0.25) is 0 Å². The number of rotatable bonds is 5. The fourth-order valence-electron chi connectivity index (χ4n) is 1.52. The summed E-state index contributed by atoms with van der Waals surface area (Å²) in [5.41, 5.74) is 0.605. The quantitative estimate of drug-likeness (QED) is 0.759. The van der Waals surface area contributed by atoms with E-state index < -0.39 is 24.0 Å². The SMILES string of the molecule is COC(=O)[C@@H](NC(=O)Cc1ccc(F)cc1)[C@@H](C)O. The van der Waals surface area contributed by atoms with Crippen molar-refractivity contribution in [3.05, 3.63) is 35.6 Å². The zero-order valence-electron chi connectivity index (χ0n) is 10.7. The van der Waals surface area contributed by atoms with Crippen LogP contribution in [0.15, 0.2) is 24.3 Å². The number of nitrogens with one attached hydrogen (secondary N) is 1. The van der Waals surface area contributed by atoms with Gasteiger partial charge in [0.1, 0.15) is 5.82 Å². The van der Waals surface area contributed by atoms with Crippen molar-refractivity contribution >= 4 is 11.9 Å². The van der Waals surface area contributed by atoms with E-state index in [9.17, 15) is 19.1 Å². The number of hydrogen-bond donors (Lipinski definition) is 2. The third-order valence-electron chi connectivity index (χ3n) is 2.53. The van der Waals surface area contributed by atoms with Crippen molar-refractivity contribution < 1.29 is 23.8 Å². The Morgan fingerprint density at radius 2 is 1.95 bits per heavy atom. The first-order chi connectivity index (χ1) is 8.93. The van der Waals surface area contributed by atoms with Gasteiger partial charge < -0.3 is 15.2 Å². The normalized spacial score (nSPS) is 13.5. The Balaban J connectivity index is 2.62. The molecule has 1 amide bonds. The number of aliphatic hydroxyl groups is 1. The predicted molar refractivity (Wildman–Crippen MR) is 65.7 cm³/mol. The van der Waals surface area contributed by atoms with E-state index in [1.807, 2.05) is 0 Å². The van der Waals surface area contributed by atoms with E-state index in [1.54, 1.807) is 0 Å². The fraction of sp³-hybridized carbons (Fsp3) is 0.385. The van der Waals surface area contributed by atoms with Gasteiger partial charge in [-0.3, -0.25) is 4.79 Å². The molecule has 0 saturated heterocycles. The van der Waals surface area contributed by atoms with Gasteiger partial charge in [0.15, 0.2) is 6.04 Å². The maximum absolute atomic E-state index is 12.7. The summed E-state index contributed by atoms with van der Waals surface area (Å²) in [4.78, 5) is 23.0. The number of hydrogen-bond acceptors (Lipinski definition) is 4. The van der Waals surface area contributed by atoms with Crippen molar-refractivity contribution in [2.24, 2.45) is 0 Å². The number of benzene rings is 1. The number of methoxy groups -OCH3 is 1. The maximum Gasteiger partial charge on any atom is 0.331 e. The first kappa shape index (κ1) is 15.1. The molecule has 0 aromatic heterocycles. The number of ether oxygens (including phenoxy) is 1. The topological polar surface area (TPSA) is 75.6 Å². The molecule has 0 saturated carbocycles. The highest BCUT2D eigenvalue weighted by Crippen LogP contribution is 2.04. The van der Waals surface area contributed by atoms with E-state index in [0.717, 1.165) is 0 Å². The van der Waals surface area contributed by atoms with E-state index in [0.29, 0.717) is 5.56 Å². The Bertz CT molecular complexity index is 444. The van der Waals surface area contributed by atoms with E-state index in [-0.39, 0.29) is 12.2 Å². The monoisotopic (exact) mass is 269 g/mol. The van der Waals surface area contributed by atoms with Gasteiger partial charge in [0, 0.05) is 0 Å². The predicted octanol–water partition coefficient (Wildman–Crippen LogP) is 0.407. The van der Waals surface area contributed by atoms with Crippen LogP contribution in [0.5, 0.6) is 0 Å². The molecule has 1 aromatic carbocycles. The van der Waals surface area contributed by atoms with E-state index in [2.05, 4.69) is 10.1 Å². The molecule has 1 rings (SSSR count). The van der Waals surface area contributed by atoms with Crippen molar-refractivity contribution in [1.29, 1.82) is 0 Å². The third-order valence-corrected chi connectivity index (χ3v) is 2.53. The molecular weight excluding hydrogens is 253 g/mol. The summed E-state index contributed by atoms with van der Waals surface area (Å²) in [6.45, 7) is 1.37. The summed E-state index contributed by atoms with van der Waals surface area (Å²) < 4.78 is 17.2. The van der Waals surface area contributed by atoms with Crippen LogP contribution >= 0.6 is 0 Å². The molecule has 0 heterocycles. The van der Waals surface area contributed by atoms with Crippen molar-refractivity contribution in [1.82, 2.24) is 5.32 Å². The van der Waals surface area contributed by atoms with Gasteiger partial charge in [0.25, 0.3) is 0 Å². The van der Waals surface area contributed by atoms with Crippen molar-refractivity contribution in [2.75, 3.05) is 7.11 Å². The van der Waals surface area contributed by atoms with Crippen LogP contribution in [0.4, 0.5) is 4.39 Å². The Morgan fingerprint density at radius 1 is 1.37 bits per heavy atom. The van der Waals surface area contributed by atoms with Gasteiger partial charge in [-0.05, 0) is 24.6 Å². The lowest BCUT2D eigenvalue weighted by molar-refractivity contribution is -0.148. The minimum Gasteiger partial charge on any atom is -0.467 e. The Hall–Kier alpha value is -1.95. The number of amides is 1. The smallest absolute Gasteiger partial charge is 0.331 e. The average molecular weight is 269 g/mol. The first-order valence-electron chi connectivity index (χ1n) is 5.73. The molecule has 19 heavy (non-hydrogen) atoms. The molecule has 6 heteroatoms. The molecule has 0 spiro atoms. The van der Waals surface area contributed by atoms with Crippen LogP contribution in [0, 0.1) is 5.82 Å². The second kappa shape index (κ2) is 6.84. The minimum absolute atomic E-state index is 0.0134. The van der Waals surface area contributed by atoms with Crippen LogP contribution in [-0.4, -0.2) is 36.2 Å². The molecule has 2 atom stereocenters. The lowest BCUT2D eigenvalue weighted by atomic mass is 10.1. The molecule has 0 bridgehead atoms. The number of esters is 1. The largest absolute Gasteiger partial charge is 0.467 e. The number of halogens is 1. The summed E-state index contributed by atoms with van der Waals surface area (Å²) in [5.74, 6) is -1.56. The summed E-state index contributed by atoms with van der Waals surface area (Å²) in [7, 11) is 1.17. The van der Waals surface area contributed by atoms with Crippen molar-refractivity contribution in [2.45, 2.75) is 25.5 Å². The highest BCUT2D eigenvalue weighted by Gasteiger charge is 2.26. The van der Waals surface area contributed by atoms with Crippen LogP contribution < -0.4 is 5.32 Å². The molecule has 0 aliphatic rings. The van der Waals surface area contributed by atoms with Crippen LogP contribution in [0.25, 0.3) is 0 Å². The Labute approximate surface area is 110 Å². The molecule has 2 N–H and O–H groups in total. The molecule has 0 fully saturated rings. The number of carbonyl (C=O) groups excluding carboxylic acids is 2. The van der Waals surface area contributed by atoms with Gasteiger partial charge in [0.05, 0.1) is 19.6 Å². The third kappa shape index (κ3) is 4.67. The van der Waals surface area contributed by atoms with Gasteiger partial charge >= 0.3 is 5.97 Å². The fourth-order valence-corrected chi connectivity index (χ4v) is 1.52. The molecule has 1 aromatic rings. The lowest BCUT2D eigenvalue weighted by Gasteiger charge is -2.18. The van der Waals surface area contributed by atoms with Gasteiger partial charge in [-0.1, -0.05) is 12.1 Å². The maximum atomic E-state index is 12.7. The minimum atomic E-state index is -1.11. The molecular formula is C13H16FNO4. The average Bonchev–Trinajstić information content (AvgIpc) is 2.37. The highest BCUT2D eigenvalue weighted by atomic mass is 19.1. The van der Waals surface area contributed by atoms with E-state index in [1.165, 1.54) is 38.3 Å². The molecule has 104 valence electrons. The van der Waals surface area contributed by atoms with Crippen LogP contribution in [0.3, 0.4) is 0 Å². The summed E-state index contributed by atoms with van der Waals surface area (Å²) in [5, 5.41) is 11.8. The van der Waals surface area contributed by atoms with Crippen LogP contribution in [-0.2, 0) is 20.7 Å². The highest BCUT2D eigenvalue weighted by molar-refractivity contribution is 5.86. The van der Waals surface area contributed by atoms with Gasteiger partial charge in [-0.2, -0.15) is 0 Å². The van der Waals surface area contributed by atoms with Crippen molar-refractivity contribution in [3.63, 3.8) is 0 Å². The summed E-state index contributed by atoms with van der Waals surface area (Å²) >= 11 is 0.